The average molecular weight is 369 g/mol. The van der Waals surface area contributed by atoms with Gasteiger partial charge in [-0.15, -0.1) is 10.2 Å². The number of aromatic nitrogens is 2. The first kappa shape index (κ1) is 18.0. The van der Waals surface area contributed by atoms with Crippen LogP contribution in [0, 0.1) is 10.1 Å². The van der Waals surface area contributed by atoms with Crippen molar-refractivity contribution >= 4 is 44.9 Å². The maximum Gasteiger partial charge on any atom is 0.269 e. The summed E-state index contributed by atoms with van der Waals surface area (Å²) in [7, 11) is 0. The maximum absolute atomic E-state index is 11.8. The Kier molecular flexibility index (Phi) is 6.33. The molecule has 1 aromatic carbocycles. The number of nitrogens with one attached hydrogen (secondary N) is 1. The number of hydrogen-bond donors (Lipinski definition) is 1. The van der Waals surface area contributed by atoms with E-state index in [1.54, 1.807) is 12.1 Å². The highest BCUT2D eigenvalue weighted by Crippen LogP contribution is 2.27. The van der Waals surface area contributed by atoms with Crippen molar-refractivity contribution in [1.29, 1.82) is 0 Å². The van der Waals surface area contributed by atoms with E-state index >= 15 is 0 Å². The normalized spacial score (nSPS) is 10.4. The van der Waals surface area contributed by atoms with Gasteiger partial charge in [0.15, 0.2) is 0 Å². The Labute approximate surface area is 146 Å². The topological polar surface area (TPSA) is 115 Å². The van der Waals surface area contributed by atoms with Gasteiger partial charge in [-0.3, -0.25) is 19.7 Å². The minimum atomic E-state index is -0.479. The molecule has 2 rings (SSSR count). The van der Waals surface area contributed by atoms with Crippen LogP contribution in [0.3, 0.4) is 0 Å². The fourth-order valence-electron chi connectivity index (χ4n) is 1.85. The molecule has 0 unspecified atom stereocenters. The summed E-state index contributed by atoms with van der Waals surface area (Å²) in [5.74, 6) is -0.219. The van der Waals surface area contributed by atoms with Crippen LogP contribution in [-0.4, -0.2) is 26.3 Å². The van der Waals surface area contributed by atoms with Gasteiger partial charge in [-0.2, -0.15) is 0 Å². The van der Waals surface area contributed by atoms with Crippen LogP contribution in [0.25, 0.3) is 10.6 Å². The minimum Gasteiger partial charge on any atom is -0.301 e. The maximum atomic E-state index is 11.8. The lowest BCUT2D eigenvalue weighted by molar-refractivity contribution is -0.384. The third-order valence-corrected chi connectivity index (χ3v) is 4.10. The number of anilines is 1. The molecule has 0 saturated heterocycles. The molecule has 0 aliphatic rings. The third kappa shape index (κ3) is 5.36. The molecular weight excluding hydrogens is 356 g/mol. The van der Waals surface area contributed by atoms with Gasteiger partial charge in [0, 0.05) is 30.5 Å². The number of amides is 1. The zero-order valence-electron chi connectivity index (χ0n) is 12.4. The van der Waals surface area contributed by atoms with Gasteiger partial charge >= 0.3 is 0 Å². The molecule has 0 bridgehead atoms. The lowest BCUT2D eigenvalue weighted by Gasteiger charge is -2.00. The van der Waals surface area contributed by atoms with Crippen molar-refractivity contribution in [2.24, 2.45) is 0 Å². The first-order valence-corrected chi connectivity index (χ1v) is 8.21. The summed E-state index contributed by atoms with van der Waals surface area (Å²) in [6.07, 6.45) is 1.62. The molecule has 0 fully saturated rings. The molecular formula is C14H13ClN4O4S. The minimum absolute atomic E-state index is 0.00720. The van der Waals surface area contributed by atoms with E-state index in [-0.39, 0.29) is 24.4 Å². The smallest absolute Gasteiger partial charge is 0.269 e. The molecule has 0 spiro atoms. The molecule has 2 aromatic rings. The van der Waals surface area contributed by atoms with Crippen LogP contribution < -0.4 is 5.32 Å². The highest BCUT2D eigenvalue weighted by atomic mass is 35.5. The van der Waals surface area contributed by atoms with Crippen LogP contribution in [0.15, 0.2) is 24.3 Å². The lowest BCUT2D eigenvalue weighted by atomic mass is 10.2. The van der Waals surface area contributed by atoms with Gasteiger partial charge in [-0.25, -0.2) is 0 Å². The standard InChI is InChI=1S/C14H13ClN4O4S/c15-11(20)3-1-2-4-12(21)16-14-18-17-13(24-14)9-5-7-10(8-6-9)19(22)23/h5-8H,1-4H2,(H,16,18,21). The number of hydrogen-bond acceptors (Lipinski definition) is 7. The Balaban J connectivity index is 1.89. The predicted octanol–water partition coefficient (Wildman–Crippen LogP) is 3.38. The van der Waals surface area contributed by atoms with Gasteiger partial charge in [-0.05, 0) is 36.6 Å². The predicted molar refractivity (Wildman–Crippen MR) is 90.0 cm³/mol. The molecule has 0 radical (unpaired) electrons. The van der Waals surface area contributed by atoms with E-state index in [0.717, 1.165) is 0 Å². The van der Waals surface area contributed by atoms with Crippen LogP contribution in [0.2, 0.25) is 0 Å². The van der Waals surface area contributed by atoms with E-state index in [2.05, 4.69) is 15.5 Å². The summed E-state index contributed by atoms with van der Waals surface area (Å²) in [5.41, 5.74) is 0.673. The van der Waals surface area contributed by atoms with Gasteiger partial charge in [0.2, 0.25) is 16.3 Å². The van der Waals surface area contributed by atoms with E-state index in [1.165, 1.54) is 23.5 Å². The van der Waals surface area contributed by atoms with Gasteiger partial charge < -0.3 is 5.32 Å². The third-order valence-electron chi connectivity index (χ3n) is 3.02. The molecule has 1 amide bonds. The zero-order chi connectivity index (χ0) is 17.5. The number of halogens is 1. The van der Waals surface area contributed by atoms with Crippen molar-refractivity contribution in [2.45, 2.75) is 25.7 Å². The fourth-order valence-corrected chi connectivity index (χ4v) is 2.75. The van der Waals surface area contributed by atoms with Crippen LogP contribution in [0.5, 0.6) is 0 Å². The first-order chi connectivity index (χ1) is 11.5. The molecule has 0 saturated carbocycles. The average Bonchev–Trinajstić information content (AvgIpc) is 3.00. The number of carbonyl (C=O) groups is 2. The molecule has 0 aliphatic carbocycles. The molecule has 0 aliphatic heterocycles. The number of non-ortho nitro benzene ring substituents is 1. The Morgan fingerprint density at radius 3 is 2.46 bits per heavy atom. The zero-order valence-corrected chi connectivity index (χ0v) is 14.0. The van der Waals surface area contributed by atoms with Crippen molar-refractivity contribution in [3.05, 3.63) is 34.4 Å². The van der Waals surface area contributed by atoms with Crippen LogP contribution in [0.4, 0.5) is 10.8 Å². The second kappa shape index (κ2) is 8.46. The molecule has 1 heterocycles. The van der Waals surface area contributed by atoms with Crippen molar-refractivity contribution in [3.63, 3.8) is 0 Å². The second-order valence-electron chi connectivity index (χ2n) is 4.83. The molecule has 1 N–H and O–H groups in total. The Morgan fingerprint density at radius 2 is 1.83 bits per heavy atom. The fraction of sp³-hybridized carbons (Fsp3) is 0.286. The Morgan fingerprint density at radius 1 is 1.17 bits per heavy atom. The number of nitro groups is 1. The van der Waals surface area contributed by atoms with E-state index in [9.17, 15) is 19.7 Å². The van der Waals surface area contributed by atoms with Crippen molar-refractivity contribution in [1.82, 2.24) is 10.2 Å². The molecule has 0 atom stereocenters. The largest absolute Gasteiger partial charge is 0.301 e. The van der Waals surface area contributed by atoms with E-state index < -0.39 is 10.2 Å². The number of nitrogens with zero attached hydrogens (tertiary/aromatic N) is 3. The summed E-state index contributed by atoms with van der Waals surface area (Å²) in [4.78, 5) is 32.5. The van der Waals surface area contributed by atoms with E-state index in [0.29, 0.717) is 28.5 Å². The quantitative estimate of drug-likeness (QED) is 0.330. The molecule has 126 valence electrons. The number of carbonyl (C=O) groups excluding carboxylic acids is 2. The number of nitro benzene ring substituents is 1. The van der Waals surface area contributed by atoms with Crippen molar-refractivity contribution in [2.75, 3.05) is 5.32 Å². The summed E-state index contributed by atoms with van der Waals surface area (Å²) in [6, 6.07) is 5.92. The first-order valence-electron chi connectivity index (χ1n) is 7.02. The van der Waals surface area contributed by atoms with E-state index in [1.807, 2.05) is 0 Å². The van der Waals surface area contributed by atoms with Crippen LogP contribution in [-0.2, 0) is 9.59 Å². The second-order valence-corrected chi connectivity index (χ2v) is 6.23. The number of rotatable bonds is 8. The highest BCUT2D eigenvalue weighted by Gasteiger charge is 2.11. The van der Waals surface area contributed by atoms with Gasteiger partial charge in [-0.1, -0.05) is 11.3 Å². The summed E-state index contributed by atoms with van der Waals surface area (Å²) in [5, 5.41) is 21.6. The molecule has 24 heavy (non-hydrogen) atoms. The van der Waals surface area contributed by atoms with Gasteiger partial charge in [0.05, 0.1) is 4.92 Å². The van der Waals surface area contributed by atoms with Crippen molar-refractivity contribution in [3.8, 4) is 10.6 Å². The lowest BCUT2D eigenvalue weighted by Crippen LogP contribution is -2.10. The molecule has 8 nitrogen and oxygen atoms in total. The number of benzene rings is 1. The van der Waals surface area contributed by atoms with Gasteiger partial charge in [0.1, 0.15) is 5.01 Å². The monoisotopic (exact) mass is 368 g/mol. The van der Waals surface area contributed by atoms with E-state index in [4.69, 9.17) is 11.6 Å². The summed E-state index contributed by atoms with van der Waals surface area (Å²) < 4.78 is 0. The summed E-state index contributed by atoms with van der Waals surface area (Å²) >= 11 is 6.39. The molecule has 10 heteroatoms. The van der Waals surface area contributed by atoms with Crippen LogP contribution >= 0.6 is 22.9 Å². The van der Waals surface area contributed by atoms with Crippen molar-refractivity contribution < 1.29 is 14.5 Å². The van der Waals surface area contributed by atoms with Gasteiger partial charge in [0.25, 0.3) is 5.69 Å². The highest BCUT2D eigenvalue weighted by molar-refractivity contribution is 7.18. The summed E-state index contributed by atoms with van der Waals surface area (Å²) in [6.45, 7) is 0. The van der Waals surface area contributed by atoms with Crippen LogP contribution in [0.1, 0.15) is 25.7 Å². The Bertz CT molecular complexity index is 747. The SMILES string of the molecule is O=C(Cl)CCCCC(=O)Nc1nnc(-c2ccc([N+](=O)[O-])cc2)s1. The number of unbranched alkanes of at least 4 members (excludes halogenated alkanes) is 1. The Hall–Kier alpha value is -2.39. The molecule has 1 aromatic heterocycles.